The number of hydrogen-bond donors (Lipinski definition) is 1. The Labute approximate surface area is 180 Å². The van der Waals surface area contributed by atoms with Crippen LogP contribution in [-0.2, 0) is 19.4 Å². The van der Waals surface area contributed by atoms with E-state index in [0.717, 1.165) is 22.5 Å². The van der Waals surface area contributed by atoms with Gasteiger partial charge in [0.25, 0.3) is 0 Å². The molecule has 2 aromatic heterocycles. The van der Waals surface area contributed by atoms with E-state index in [2.05, 4.69) is 4.98 Å². The van der Waals surface area contributed by atoms with Crippen LogP contribution in [0.4, 0.5) is 0 Å². The SMILES string of the molecule is C[C@@H](O)[C@H]1C(=O)N2C(C(=O)[O-])=C(c3csc4c(S(C)(=O)=O)ncn34)C[C@H]12.[Na+]. The number of fused-ring (bicyclic) bond motifs is 2. The Morgan fingerprint density at radius 2 is 2.15 bits per heavy atom. The summed E-state index contributed by atoms with van der Waals surface area (Å²) < 4.78 is 25.1. The predicted octanol–water partition coefficient (Wildman–Crippen LogP) is -4.12. The number of aliphatic hydroxyl groups is 1. The summed E-state index contributed by atoms with van der Waals surface area (Å²) in [5.41, 5.74) is 0.597. The van der Waals surface area contributed by atoms with E-state index < -0.39 is 39.8 Å². The maximum Gasteiger partial charge on any atom is 1.00 e. The van der Waals surface area contributed by atoms with Crippen molar-refractivity contribution in [3.8, 4) is 0 Å². The third-order valence-corrected chi connectivity index (χ3v) is 6.90. The molecule has 4 heterocycles. The van der Waals surface area contributed by atoms with Gasteiger partial charge in [-0.15, -0.1) is 11.3 Å². The third kappa shape index (κ3) is 2.88. The number of imidazole rings is 1. The first-order valence-corrected chi connectivity index (χ1v) is 10.5. The van der Waals surface area contributed by atoms with Crippen LogP contribution < -0.4 is 34.7 Å². The van der Waals surface area contributed by atoms with Crippen molar-refractivity contribution in [3.05, 3.63) is 23.1 Å². The number of sulfone groups is 1. The summed E-state index contributed by atoms with van der Waals surface area (Å²) in [5, 5.41) is 23.0. The molecule has 27 heavy (non-hydrogen) atoms. The molecule has 1 saturated heterocycles. The van der Waals surface area contributed by atoms with Crippen molar-refractivity contribution in [2.75, 3.05) is 6.26 Å². The molecular formula is C15H14N3NaO6S2. The van der Waals surface area contributed by atoms with Crippen molar-refractivity contribution < 1.29 is 57.8 Å². The second kappa shape index (κ2) is 6.68. The van der Waals surface area contributed by atoms with Crippen LogP contribution >= 0.6 is 11.3 Å². The maximum atomic E-state index is 12.3. The standard InChI is InChI=1S/C15H15N3O6S2.Na/c1-6(19)10-8-3-7(11(15(21)22)18(8)13(10)20)9-4-25-14-12(26(2,23)24)16-5-17(9)14;/h4-6,8,10,19H,3H2,1-2H3,(H,21,22);/q;+1/p-1/t6-,8-,10-;/m1./s1. The molecule has 2 aliphatic rings. The zero-order valence-electron chi connectivity index (χ0n) is 14.7. The molecule has 12 heteroatoms. The van der Waals surface area contributed by atoms with E-state index in [-0.39, 0.29) is 46.7 Å². The fourth-order valence-electron chi connectivity index (χ4n) is 3.73. The number of aliphatic hydroxyl groups excluding tert-OH is 1. The number of hydrogen-bond acceptors (Lipinski definition) is 8. The minimum absolute atomic E-state index is 0. The second-order valence-electron chi connectivity index (χ2n) is 6.48. The maximum absolute atomic E-state index is 12.3. The van der Waals surface area contributed by atoms with Gasteiger partial charge >= 0.3 is 29.6 Å². The van der Waals surface area contributed by atoms with Gasteiger partial charge in [-0.05, 0) is 13.3 Å². The molecular weight excluding hydrogens is 405 g/mol. The van der Waals surface area contributed by atoms with Gasteiger partial charge in [0, 0.05) is 17.2 Å². The van der Waals surface area contributed by atoms with Gasteiger partial charge in [0.2, 0.25) is 5.91 Å². The molecule has 138 valence electrons. The van der Waals surface area contributed by atoms with Gasteiger partial charge in [-0.25, -0.2) is 13.4 Å². The normalized spacial score (nSPS) is 23.2. The molecule has 1 N–H and O–H groups in total. The Bertz CT molecular complexity index is 1100. The molecule has 0 unspecified atom stereocenters. The van der Waals surface area contributed by atoms with Crippen LogP contribution in [0.15, 0.2) is 22.4 Å². The number of nitrogens with zero attached hydrogens (tertiary/aromatic N) is 3. The number of aliphatic carboxylic acids is 1. The number of amides is 1. The third-order valence-electron chi connectivity index (χ3n) is 4.82. The zero-order chi connectivity index (χ0) is 19.0. The van der Waals surface area contributed by atoms with Gasteiger partial charge in [0.1, 0.15) is 11.2 Å². The van der Waals surface area contributed by atoms with Crippen molar-refractivity contribution in [1.82, 2.24) is 14.3 Å². The number of β-lactam (4-membered cyclic amide) rings is 1. The van der Waals surface area contributed by atoms with Crippen LogP contribution in [0.3, 0.4) is 0 Å². The Kier molecular flexibility index (Phi) is 5.07. The van der Waals surface area contributed by atoms with Crippen LogP contribution in [0.25, 0.3) is 10.4 Å². The Morgan fingerprint density at radius 1 is 1.48 bits per heavy atom. The fraction of sp³-hybridized carbons (Fsp3) is 0.400. The number of carboxylic acid groups (broad SMARTS) is 1. The van der Waals surface area contributed by atoms with E-state index in [0.29, 0.717) is 16.1 Å². The molecule has 0 spiro atoms. The minimum atomic E-state index is -3.53. The second-order valence-corrected chi connectivity index (χ2v) is 9.27. The fourth-order valence-corrected chi connectivity index (χ4v) is 5.87. The molecule has 1 amide bonds. The van der Waals surface area contributed by atoms with Gasteiger partial charge < -0.3 is 19.9 Å². The number of carbonyl (C=O) groups excluding carboxylic acids is 2. The molecule has 9 nitrogen and oxygen atoms in total. The zero-order valence-corrected chi connectivity index (χ0v) is 18.4. The predicted molar refractivity (Wildman–Crippen MR) is 88.5 cm³/mol. The Hall–Kier alpha value is -1.24. The van der Waals surface area contributed by atoms with Crippen LogP contribution in [0, 0.1) is 5.92 Å². The molecule has 2 aromatic rings. The Balaban J connectivity index is 0.00000210. The molecule has 1 fully saturated rings. The molecule has 3 atom stereocenters. The molecule has 0 saturated carbocycles. The smallest absolute Gasteiger partial charge is 0.543 e. The van der Waals surface area contributed by atoms with Gasteiger partial charge in [-0.2, -0.15) is 0 Å². The number of thiazole rings is 1. The summed E-state index contributed by atoms with van der Waals surface area (Å²) in [7, 11) is -3.53. The summed E-state index contributed by atoms with van der Waals surface area (Å²) in [6.45, 7) is 1.49. The largest absolute Gasteiger partial charge is 1.00 e. The minimum Gasteiger partial charge on any atom is -0.543 e. The summed E-state index contributed by atoms with van der Waals surface area (Å²) >= 11 is 1.13. The molecule has 0 radical (unpaired) electrons. The molecule has 0 aromatic carbocycles. The Morgan fingerprint density at radius 3 is 2.70 bits per heavy atom. The van der Waals surface area contributed by atoms with Gasteiger partial charge in [-0.3, -0.25) is 9.20 Å². The summed E-state index contributed by atoms with van der Waals surface area (Å²) in [6, 6.07) is -0.446. The van der Waals surface area contributed by atoms with Crippen molar-refractivity contribution in [3.63, 3.8) is 0 Å². The first kappa shape index (κ1) is 20.5. The first-order chi connectivity index (χ1) is 12.1. The van der Waals surface area contributed by atoms with Crippen molar-refractivity contribution in [1.29, 1.82) is 0 Å². The van der Waals surface area contributed by atoms with Crippen LogP contribution in [0.1, 0.15) is 19.0 Å². The van der Waals surface area contributed by atoms with E-state index in [4.69, 9.17) is 0 Å². The number of carboxylic acids is 1. The summed E-state index contributed by atoms with van der Waals surface area (Å²) in [6.07, 6.45) is 1.72. The van der Waals surface area contributed by atoms with Crippen LogP contribution in [0.5, 0.6) is 0 Å². The summed E-state index contributed by atoms with van der Waals surface area (Å²) in [4.78, 5) is 29.4. The van der Waals surface area contributed by atoms with Crippen LogP contribution in [0.2, 0.25) is 0 Å². The quantitative estimate of drug-likeness (QED) is 0.393. The van der Waals surface area contributed by atoms with E-state index >= 15 is 0 Å². The number of rotatable bonds is 4. The van der Waals surface area contributed by atoms with E-state index in [1.54, 1.807) is 5.38 Å². The van der Waals surface area contributed by atoms with Gasteiger partial charge in [0.15, 0.2) is 14.9 Å². The topological polar surface area (TPSA) is 132 Å². The molecule has 0 bridgehead atoms. The monoisotopic (exact) mass is 419 g/mol. The van der Waals surface area contributed by atoms with Crippen LogP contribution in [-0.4, -0.2) is 58.1 Å². The first-order valence-electron chi connectivity index (χ1n) is 7.73. The van der Waals surface area contributed by atoms with E-state index in [9.17, 15) is 28.2 Å². The molecule has 4 rings (SSSR count). The van der Waals surface area contributed by atoms with Gasteiger partial charge in [0.05, 0.1) is 35.4 Å². The average molecular weight is 419 g/mol. The summed E-state index contributed by atoms with van der Waals surface area (Å²) in [5.74, 6) is -2.60. The number of aromatic nitrogens is 2. The van der Waals surface area contributed by atoms with Gasteiger partial charge in [-0.1, -0.05) is 0 Å². The van der Waals surface area contributed by atoms with E-state index in [1.165, 1.54) is 17.7 Å². The van der Waals surface area contributed by atoms with Crippen molar-refractivity contribution in [2.45, 2.75) is 30.5 Å². The van der Waals surface area contributed by atoms with E-state index in [1.807, 2.05) is 0 Å². The number of carbonyl (C=O) groups is 2. The molecule has 2 aliphatic heterocycles. The van der Waals surface area contributed by atoms with Crippen molar-refractivity contribution in [2.24, 2.45) is 5.92 Å². The van der Waals surface area contributed by atoms with Crippen molar-refractivity contribution >= 4 is 43.5 Å². The molecule has 0 aliphatic carbocycles. The average Bonchev–Trinajstić information content (AvgIpc) is 3.15.